The highest BCUT2D eigenvalue weighted by molar-refractivity contribution is 9.10. The Bertz CT molecular complexity index is 403. The summed E-state index contributed by atoms with van der Waals surface area (Å²) in [4.78, 5) is 0.681. The predicted molar refractivity (Wildman–Crippen MR) is 58.8 cm³/mol. The normalized spacial score (nSPS) is 14.2. The van der Waals surface area contributed by atoms with Crippen LogP contribution in [0, 0.1) is 12.7 Å². The highest BCUT2D eigenvalue weighted by Crippen LogP contribution is 2.35. The van der Waals surface area contributed by atoms with Gasteiger partial charge in [-0.2, -0.15) is 0 Å². The topological polar surface area (TPSA) is 12.0 Å². The molecule has 13 heavy (non-hydrogen) atoms. The van der Waals surface area contributed by atoms with E-state index in [9.17, 15) is 4.39 Å². The quantitative estimate of drug-likeness (QED) is 0.719. The van der Waals surface area contributed by atoms with Crippen molar-refractivity contribution in [1.82, 2.24) is 0 Å². The molecule has 1 aromatic carbocycles. The van der Waals surface area contributed by atoms with Crippen molar-refractivity contribution in [2.24, 2.45) is 0 Å². The van der Waals surface area contributed by atoms with Gasteiger partial charge in [-0.3, -0.25) is 0 Å². The van der Waals surface area contributed by atoms with Crippen LogP contribution in [0.1, 0.15) is 11.1 Å². The Kier molecular flexibility index (Phi) is 2.12. The molecule has 1 aliphatic heterocycles. The molecule has 0 saturated carbocycles. The highest BCUT2D eigenvalue weighted by atomic mass is 79.9. The number of rotatable bonds is 0. The number of hydrogen-bond acceptors (Lipinski definition) is 1. The van der Waals surface area contributed by atoms with E-state index in [1.54, 1.807) is 0 Å². The van der Waals surface area contributed by atoms with Gasteiger partial charge >= 0.3 is 0 Å². The minimum atomic E-state index is -0.226. The lowest BCUT2D eigenvalue weighted by atomic mass is 10.1. The summed E-state index contributed by atoms with van der Waals surface area (Å²) < 4.78 is 14.3. The van der Waals surface area contributed by atoms with Crippen molar-refractivity contribution in [2.75, 3.05) is 5.32 Å². The van der Waals surface area contributed by atoms with E-state index < -0.39 is 0 Å². The average Bonchev–Trinajstić information content (AvgIpc) is 2.44. The Morgan fingerprint density at radius 3 is 3.00 bits per heavy atom. The Labute approximate surface area is 89.5 Å². The Balaban J connectivity index is 2.69. The number of anilines is 1. The fraction of sp³-hybridized carbons (Fsp3) is 0.222. The molecule has 68 valence electrons. The molecule has 0 unspecified atom stereocenters. The zero-order valence-corrected chi connectivity index (χ0v) is 9.35. The second-order valence-corrected chi connectivity index (χ2v) is 4.35. The molecule has 2 rings (SSSR count). The minimum Gasteiger partial charge on any atom is -0.347 e. The van der Waals surface area contributed by atoms with Gasteiger partial charge in [0.25, 0.3) is 0 Å². The molecule has 0 saturated heterocycles. The first-order chi connectivity index (χ1) is 6.09. The van der Waals surface area contributed by atoms with Gasteiger partial charge in [0.1, 0.15) is 5.82 Å². The molecular formula is C9H7BrFNS. The lowest BCUT2D eigenvalue weighted by Crippen LogP contribution is -2.01. The summed E-state index contributed by atoms with van der Waals surface area (Å²) in [7, 11) is 0. The third-order valence-electron chi connectivity index (χ3n) is 2.10. The standard InChI is InChI=1S/C9H7BrFNS/c1-4-2-6(11)9-5(8(4)10)3-7(13)12-9/h2H,3H2,1H3,(H,12,13). The van der Waals surface area contributed by atoms with Crippen molar-refractivity contribution in [3.8, 4) is 0 Å². The van der Waals surface area contributed by atoms with Gasteiger partial charge in [-0.15, -0.1) is 0 Å². The fourth-order valence-electron chi connectivity index (χ4n) is 1.46. The molecule has 0 fully saturated rings. The molecule has 1 aromatic rings. The monoisotopic (exact) mass is 259 g/mol. The zero-order valence-electron chi connectivity index (χ0n) is 6.95. The number of benzene rings is 1. The van der Waals surface area contributed by atoms with Gasteiger partial charge in [0.15, 0.2) is 0 Å². The van der Waals surface area contributed by atoms with Crippen LogP contribution < -0.4 is 5.32 Å². The van der Waals surface area contributed by atoms with Crippen LogP contribution in [0.15, 0.2) is 10.5 Å². The van der Waals surface area contributed by atoms with E-state index in [0.717, 1.165) is 15.6 Å². The maximum Gasteiger partial charge on any atom is 0.147 e. The minimum absolute atomic E-state index is 0.226. The molecule has 0 amide bonds. The van der Waals surface area contributed by atoms with Crippen LogP contribution in [0.2, 0.25) is 0 Å². The number of nitrogens with one attached hydrogen (secondary N) is 1. The van der Waals surface area contributed by atoms with Gasteiger partial charge in [-0.25, -0.2) is 4.39 Å². The molecule has 1 nitrogen and oxygen atoms in total. The molecule has 1 aliphatic rings. The van der Waals surface area contributed by atoms with Crippen molar-refractivity contribution < 1.29 is 4.39 Å². The third kappa shape index (κ3) is 1.38. The number of aryl methyl sites for hydroxylation is 1. The van der Waals surface area contributed by atoms with Crippen molar-refractivity contribution in [3.63, 3.8) is 0 Å². The SMILES string of the molecule is Cc1cc(F)c2c(c1Br)CC(=S)N2. The van der Waals surface area contributed by atoms with Crippen LogP contribution in [0.5, 0.6) is 0 Å². The summed E-state index contributed by atoms with van der Waals surface area (Å²) in [6.45, 7) is 1.87. The Morgan fingerprint density at radius 2 is 2.31 bits per heavy atom. The number of fused-ring (bicyclic) bond motifs is 1. The summed E-state index contributed by atoms with van der Waals surface area (Å²) in [5, 5.41) is 2.86. The summed E-state index contributed by atoms with van der Waals surface area (Å²) in [5.74, 6) is -0.226. The largest absolute Gasteiger partial charge is 0.347 e. The van der Waals surface area contributed by atoms with E-state index in [1.165, 1.54) is 6.07 Å². The van der Waals surface area contributed by atoms with Crippen LogP contribution in [-0.4, -0.2) is 4.99 Å². The lowest BCUT2D eigenvalue weighted by Gasteiger charge is -2.05. The van der Waals surface area contributed by atoms with E-state index in [1.807, 2.05) is 6.92 Å². The van der Waals surface area contributed by atoms with E-state index in [4.69, 9.17) is 12.2 Å². The summed E-state index contributed by atoms with van der Waals surface area (Å²) in [6.07, 6.45) is 0.629. The van der Waals surface area contributed by atoms with Gasteiger partial charge in [0, 0.05) is 10.9 Å². The van der Waals surface area contributed by atoms with Gasteiger partial charge in [0.05, 0.1) is 10.7 Å². The molecule has 0 aromatic heterocycles. The molecular weight excluding hydrogens is 253 g/mol. The van der Waals surface area contributed by atoms with Crippen molar-refractivity contribution in [2.45, 2.75) is 13.3 Å². The molecule has 0 atom stereocenters. The molecule has 1 N–H and O–H groups in total. The van der Waals surface area contributed by atoms with Crippen LogP contribution in [0.3, 0.4) is 0 Å². The van der Waals surface area contributed by atoms with Crippen LogP contribution in [-0.2, 0) is 6.42 Å². The van der Waals surface area contributed by atoms with E-state index in [2.05, 4.69) is 21.2 Å². The van der Waals surface area contributed by atoms with E-state index in [0.29, 0.717) is 17.1 Å². The van der Waals surface area contributed by atoms with Gasteiger partial charge in [-0.1, -0.05) is 28.1 Å². The van der Waals surface area contributed by atoms with Crippen molar-refractivity contribution in [3.05, 3.63) is 27.5 Å². The highest BCUT2D eigenvalue weighted by Gasteiger charge is 2.22. The third-order valence-corrected chi connectivity index (χ3v) is 3.45. The molecule has 0 aliphatic carbocycles. The zero-order chi connectivity index (χ0) is 9.59. The smallest absolute Gasteiger partial charge is 0.147 e. The van der Waals surface area contributed by atoms with E-state index in [-0.39, 0.29) is 5.82 Å². The van der Waals surface area contributed by atoms with Gasteiger partial charge in [-0.05, 0) is 24.1 Å². The maximum atomic E-state index is 13.4. The first-order valence-electron chi connectivity index (χ1n) is 3.87. The summed E-state index contributed by atoms with van der Waals surface area (Å²) >= 11 is 8.41. The van der Waals surface area contributed by atoms with E-state index >= 15 is 0 Å². The van der Waals surface area contributed by atoms with Crippen molar-refractivity contribution in [1.29, 1.82) is 0 Å². The lowest BCUT2D eigenvalue weighted by molar-refractivity contribution is 0.630. The van der Waals surface area contributed by atoms with Crippen LogP contribution in [0.4, 0.5) is 10.1 Å². The predicted octanol–water partition coefficient (Wildman–Crippen LogP) is 3.19. The van der Waals surface area contributed by atoms with Gasteiger partial charge in [0.2, 0.25) is 0 Å². The molecule has 1 heterocycles. The Morgan fingerprint density at radius 1 is 1.62 bits per heavy atom. The first kappa shape index (κ1) is 9.09. The first-order valence-corrected chi connectivity index (χ1v) is 5.07. The Hall–Kier alpha value is -0.480. The molecule has 4 heteroatoms. The van der Waals surface area contributed by atoms with Gasteiger partial charge < -0.3 is 5.32 Å². The van der Waals surface area contributed by atoms with Crippen LogP contribution >= 0.6 is 28.1 Å². The second-order valence-electron chi connectivity index (χ2n) is 3.07. The molecule has 0 bridgehead atoms. The second kappa shape index (κ2) is 3.03. The van der Waals surface area contributed by atoms with Crippen LogP contribution in [0.25, 0.3) is 0 Å². The molecule has 0 spiro atoms. The summed E-state index contributed by atoms with van der Waals surface area (Å²) in [5.41, 5.74) is 2.37. The summed E-state index contributed by atoms with van der Waals surface area (Å²) in [6, 6.07) is 1.50. The number of thiocarbonyl (C=S) groups is 1. The maximum absolute atomic E-state index is 13.4. The molecule has 0 radical (unpaired) electrons. The fourth-order valence-corrected chi connectivity index (χ4v) is 2.16. The van der Waals surface area contributed by atoms with Crippen molar-refractivity contribution >= 4 is 38.8 Å². The number of hydrogen-bond donors (Lipinski definition) is 1. The average molecular weight is 260 g/mol. The number of halogens is 2.